The number of likely N-dealkylation sites (tertiary alicyclic amines) is 1. The molecule has 0 radical (unpaired) electrons. The summed E-state index contributed by atoms with van der Waals surface area (Å²) in [6.45, 7) is 1.64. The van der Waals surface area contributed by atoms with Gasteiger partial charge in [-0.2, -0.15) is 0 Å². The van der Waals surface area contributed by atoms with Crippen LogP contribution in [0.3, 0.4) is 0 Å². The van der Waals surface area contributed by atoms with E-state index in [1.54, 1.807) is 24.5 Å². The summed E-state index contributed by atoms with van der Waals surface area (Å²) in [6, 6.07) is 8.49. The Morgan fingerprint density at radius 2 is 1.79 bits per heavy atom. The SMILES string of the molecule is O=C(Cc1ccc(F)cc1)N1CC[C@H]2[C@H]1CCN2c1ncccn1. The highest BCUT2D eigenvalue weighted by molar-refractivity contribution is 5.79. The van der Waals surface area contributed by atoms with E-state index < -0.39 is 0 Å². The molecule has 0 aliphatic carbocycles. The maximum absolute atomic E-state index is 13.0. The molecule has 2 fully saturated rings. The maximum atomic E-state index is 13.0. The van der Waals surface area contributed by atoms with Crippen LogP contribution < -0.4 is 4.90 Å². The summed E-state index contributed by atoms with van der Waals surface area (Å²) < 4.78 is 13.0. The highest BCUT2D eigenvalue weighted by Crippen LogP contribution is 2.33. The third-order valence-corrected chi connectivity index (χ3v) is 4.97. The summed E-state index contributed by atoms with van der Waals surface area (Å²) in [7, 11) is 0. The Labute approximate surface area is 140 Å². The Hall–Kier alpha value is -2.50. The smallest absolute Gasteiger partial charge is 0.227 e. The van der Waals surface area contributed by atoms with Crippen LogP contribution in [0.1, 0.15) is 18.4 Å². The normalized spacial score (nSPS) is 22.7. The summed E-state index contributed by atoms with van der Waals surface area (Å²) in [5.41, 5.74) is 0.853. The molecule has 0 unspecified atom stereocenters. The number of hydrogen-bond donors (Lipinski definition) is 0. The minimum absolute atomic E-state index is 0.116. The van der Waals surface area contributed by atoms with Crippen LogP contribution in [0.4, 0.5) is 10.3 Å². The van der Waals surface area contributed by atoms with Gasteiger partial charge < -0.3 is 9.80 Å². The highest BCUT2D eigenvalue weighted by atomic mass is 19.1. The zero-order chi connectivity index (χ0) is 16.5. The van der Waals surface area contributed by atoms with Crippen molar-refractivity contribution in [1.82, 2.24) is 14.9 Å². The first-order valence-electron chi connectivity index (χ1n) is 8.30. The highest BCUT2D eigenvalue weighted by Gasteiger charge is 2.44. The van der Waals surface area contributed by atoms with Gasteiger partial charge in [-0.05, 0) is 36.6 Å². The number of aromatic nitrogens is 2. The van der Waals surface area contributed by atoms with Crippen molar-refractivity contribution in [3.05, 3.63) is 54.1 Å². The average Bonchev–Trinajstić information content (AvgIpc) is 3.19. The van der Waals surface area contributed by atoms with Gasteiger partial charge >= 0.3 is 0 Å². The molecular weight excluding hydrogens is 307 g/mol. The fourth-order valence-corrected chi connectivity index (χ4v) is 3.86. The van der Waals surface area contributed by atoms with Crippen LogP contribution in [-0.4, -0.2) is 45.9 Å². The van der Waals surface area contributed by atoms with Crippen LogP contribution in [0.5, 0.6) is 0 Å². The number of nitrogens with zero attached hydrogens (tertiary/aromatic N) is 4. The first-order chi connectivity index (χ1) is 11.7. The summed E-state index contributed by atoms with van der Waals surface area (Å²) in [5, 5.41) is 0. The average molecular weight is 326 g/mol. The molecule has 24 heavy (non-hydrogen) atoms. The molecule has 4 rings (SSSR count). The lowest BCUT2D eigenvalue weighted by molar-refractivity contribution is -0.131. The molecule has 3 heterocycles. The first-order valence-corrected chi connectivity index (χ1v) is 8.30. The van der Waals surface area contributed by atoms with Gasteiger partial charge in [0.25, 0.3) is 0 Å². The van der Waals surface area contributed by atoms with Crippen molar-refractivity contribution in [3.8, 4) is 0 Å². The number of benzene rings is 1. The van der Waals surface area contributed by atoms with Gasteiger partial charge in [0.2, 0.25) is 11.9 Å². The molecule has 1 aromatic heterocycles. The second-order valence-electron chi connectivity index (χ2n) is 6.34. The van der Waals surface area contributed by atoms with Crippen LogP contribution in [0.25, 0.3) is 0 Å². The quantitative estimate of drug-likeness (QED) is 0.866. The molecule has 1 amide bonds. The number of carbonyl (C=O) groups excluding carboxylic acids is 1. The van der Waals surface area contributed by atoms with Gasteiger partial charge in [-0.15, -0.1) is 0 Å². The number of hydrogen-bond acceptors (Lipinski definition) is 4. The first kappa shape index (κ1) is 15.1. The molecule has 2 aliphatic heterocycles. The van der Waals surface area contributed by atoms with E-state index >= 15 is 0 Å². The topological polar surface area (TPSA) is 49.3 Å². The van der Waals surface area contributed by atoms with Crippen LogP contribution in [-0.2, 0) is 11.2 Å². The van der Waals surface area contributed by atoms with Crippen LogP contribution in [0, 0.1) is 5.82 Å². The molecule has 0 spiro atoms. The van der Waals surface area contributed by atoms with Crippen LogP contribution in [0.2, 0.25) is 0 Å². The van der Waals surface area contributed by atoms with Gasteiger partial charge in [0.15, 0.2) is 0 Å². The lowest BCUT2D eigenvalue weighted by atomic mass is 10.1. The standard InChI is InChI=1S/C18H19FN4O/c19-14-4-2-13(3-5-14)12-17(24)22-10-6-16-15(22)7-11-23(16)18-20-8-1-9-21-18/h1-5,8-9,15-16H,6-7,10-12H2/t15-,16+/m1/s1. The third-order valence-electron chi connectivity index (χ3n) is 4.97. The van der Waals surface area contributed by atoms with E-state index in [-0.39, 0.29) is 17.8 Å². The molecule has 1 aromatic carbocycles. The Kier molecular flexibility index (Phi) is 3.88. The van der Waals surface area contributed by atoms with Crippen LogP contribution >= 0.6 is 0 Å². The fourth-order valence-electron chi connectivity index (χ4n) is 3.86. The van der Waals surface area contributed by atoms with Crippen molar-refractivity contribution in [2.45, 2.75) is 31.3 Å². The Bertz CT molecular complexity index is 722. The number of rotatable bonds is 3. The molecule has 124 valence electrons. The molecule has 6 heteroatoms. The van der Waals surface area contributed by atoms with Gasteiger partial charge in [-0.3, -0.25) is 4.79 Å². The predicted molar refractivity (Wildman–Crippen MR) is 88.0 cm³/mol. The largest absolute Gasteiger partial charge is 0.337 e. The zero-order valence-corrected chi connectivity index (χ0v) is 13.3. The van der Waals surface area contributed by atoms with Gasteiger partial charge in [-0.1, -0.05) is 12.1 Å². The fraction of sp³-hybridized carbons (Fsp3) is 0.389. The van der Waals surface area contributed by atoms with Crippen molar-refractivity contribution in [2.24, 2.45) is 0 Å². The zero-order valence-electron chi connectivity index (χ0n) is 13.3. The van der Waals surface area contributed by atoms with E-state index in [4.69, 9.17) is 0 Å². The summed E-state index contributed by atoms with van der Waals surface area (Å²) in [6.07, 6.45) is 5.71. The lowest BCUT2D eigenvalue weighted by Gasteiger charge is -2.25. The van der Waals surface area contributed by atoms with Gasteiger partial charge in [0.1, 0.15) is 5.82 Å². The Balaban J connectivity index is 1.45. The predicted octanol–water partition coefficient (Wildman–Crippen LogP) is 2.04. The van der Waals surface area contributed by atoms with E-state index in [0.29, 0.717) is 12.5 Å². The monoisotopic (exact) mass is 326 g/mol. The van der Waals surface area contributed by atoms with Gasteiger partial charge in [-0.25, -0.2) is 14.4 Å². The van der Waals surface area contributed by atoms with Crippen molar-refractivity contribution in [2.75, 3.05) is 18.0 Å². The van der Waals surface area contributed by atoms with E-state index in [0.717, 1.165) is 37.4 Å². The Morgan fingerprint density at radius 1 is 1.08 bits per heavy atom. The molecule has 0 bridgehead atoms. The second kappa shape index (κ2) is 6.19. The maximum Gasteiger partial charge on any atom is 0.227 e. The number of halogens is 1. The number of carbonyl (C=O) groups is 1. The van der Waals surface area contributed by atoms with Gasteiger partial charge in [0, 0.05) is 25.5 Å². The second-order valence-corrected chi connectivity index (χ2v) is 6.34. The molecule has 0 saturated carbocycles. The molecule has 0 N–H and O–H groups in total. The molecular formula is C18H19FN4O. The minimum atomic E-state index is -0.276. The number of amides is 1. The molecule has 2 saturated heterocycles. The lowest BCUT2D eigenvalue weighted by Crippen LogP contribution is -2.40. The summed E-state index contributed by atoms with van der Waals surface area (Å²) in [4.78, 5) is 25.6. The summed E-state index contributed by atoms with van der Waals surface area (Å²) >= 11 is 0. The molecule has 5 nitrogen and oxygen atoms in total. The number of fused-ring (bicyclic) bond motifs is 1. The van der Waals surface area contributed by atoms with E-state index in [9.17, 15) is 9.18 Å². The van der Waals surface area contributed by atoms with E-state index in [1.165, 1.54) is 12.1 Å². The van der Waals surface area contributed by atoms with Crippen molar-refractivity contribution in [3.63, 3.8) is 0 Å². The minimum Gasteiger partial charge on any atom is -0.337 e. The van der Waals surface area contributed by atoms with Crippen LogP contribution in [0.15, 0.2) is 42.7 Å². The van der Waals surface area contributed by atoms with E-state index in [2.05, 4.69) is 14.9 Å². The molecule has 2 atom stereocenters. The van der Waals surface area contributed by atoms with Crippen molar-refractivity contribution < 1.29 is 9.18 Å². The van der Waals surface area contributed by atoms with Gasteiger partial charge in [0.05, 0.1) is 18.5 Å². The number of anilines is 1. The van der Waals surface area contributed by atoms with Crippen molar-refractivity contribution in [1.29, 1.82) is 0 Å². The Morgan fingerprint density at radius 3 is 2.54 bits per heavy atom. The molecule has 2 aliphatic rings. The van der Waals surface area contributed by atoms with E-state index in [1.807, 2.05) is 11.0 Å². The molecule has 2 aromatic rings. The van der Waals surface area contributed by atoms with Crippen molar-refractivity contribution >= 4 is 11.9 Å². The summed E-state index contributed by atoms with van der Waals surface area (Å²) in [5.74, 6) is 0.588. The third kappa shape index (κ3) is 2.72.